The number of anilines is 1. The van der Waals surface area contributed by atoms with Gasteiger partial charge in [0, 0.05) is 18.7 Å². The molecule has 0 radical (unpaired) electrons. The molecule has 1 aromatic heterocycles. The summed E-state index contributed by atoms with van der Waals surface area (Å²) < 4.78 is 29.6. The Hall–Kier alpha value is -2.97. The number of aromatic nitrogens is 2. The van der Waals surface area contributed by atoms with Crippen molar-refractivity contribution in [2.45, 2.75) is 43.9 Å². The van der Waals surface area contributed by atoms with Crippen molar-refractivity contribution in [3.8, 4) is 5.69 Å². The molecule has 5 rings (SSSR count). The fraction of sp³-hybridized carbons (Fsp3) is 0.360. The minimum atomic E-state index is -3.63. The van der Waals surface area contributed by atoms with Crippen molar-refractivity contribution >= 4 is 21.7 Å². The topological polar surface area (TPSA) is 84.3 Å². The Morgan fingerprint density at radius 1 is 1.03 bits per heavy atom. The predicted molar refractivity (Wildman–Crippen MR) is 127 cm³/mol. The molecule has 1 N–H and O–H groups in total. The standard InChI is InChI=1S/C25H28N4O3S/c1-18-12-14-21(15-13-18)33(31,32)28-16-6-7-19(17-28)25(30)26-24-22-10-5-11-23(22)27-29(24)20-8-3-2-4-9-20/h2-4,8-9,12-15,19H,5-7,10-11,16-17H2,1H3,(H,26,30). The smallest absolute Gasteiger partial charge is 0.243 e. The highest BCUT2D eigenvalue weighted by Crippen LogP contribution is 2.32. The normalized spacial score (nSPS) is 18.8. The Labute approximate surface area is 194 Å². The summed E-state index contributed by atoms with van der Waals surface area (Å²) in [6.45, 7) is 2.54. The van der Waals surface area contributed by atoms with Crippen molar-refractivity contribution in [1.82, 2.24) is 14.1 Å². The molecule has 1 saturated heterocycles. The third-order valence-corrected chi connectivity index (χ3v) is 8.44. The van der Waals surface area contributed by atoms with Crippen LogP contribution in [0.25, 0.3) is 5.69 Å². The molecular formula is C25H28N4O3S. The summed E-state index contributed by atoms with van der Waals surface area (Å²) in [6, 6.07) is 16.6. The number of para-hydroxylation sites is 1. The average molecular weight is 465 g/mol. The Balaban J connectivity index is 1.37. The van der Waals surface area contributed by atoms with Crippen LogP contribution >= 0.6 is 0 Å². The van der Waals surface area contributed by atoms with Crippen molar-refractivity contribution in [1.29, 1.82) is 0 Å². The van der Waals surface area contributed by atoms with Crippen molar-refractivity contribution in [2.24, 2.45) is 5.92 Å². The van der Waals surface area contributed by atoms with Crippen LogP contribution in [0.2, 0.25) is 0 Å². The zero-order valence-electron chi connectivity index (χ0n) is 18.7. The lowest BCUT2D eigenvalue weighted by Gasteiger charge is -2.31. The molecule has 7 nitrogen and oxygen atoms in total. The Kier molecular flexibility index (Phi) is 5.80. The van der Waals surface area contributed by atoms with Crippen molar-refractivity contribution < 1.29 is 13.2 Å². The summed E-state index contributed by atoms with van der Waals surface area (Å²) >= 11 is 0. The summed E-state index contributed by atoms with van der Waals surface area (Å²) in [5.74, 6) is 0.165. The highest BCUT2D eigenvalue weighted by atomic mass is 32.2. The van der Waals surface area contributed by atoms with E-state index in [9.17, 15) is 13.2 Å². The second kappa shape index (κ2) is 8.76. The lowest BCUT2D eigenvalue weighted by molar-refractivity contribution is -0.120. The summed E-state index contributed by atoms with van der Waals surface area (Å²) in [4.78, 5) is 13.6. The minimum absolute atomic E-state index is 0.148. The van der Waals surface area contributed by atoms with Crippen LogP contribution in [0.3, 0.4) is 0 Å². The molecule has 1 aliphatic carbocycles. The van der Waals surface area contributed by atoms with Crippen LogP contribution in [0.1, 0.15) is 36.1 Å². The van der Waals surface area contributed by atoms with Crippen molar-refractivity contribution in [2.75, 3.05) is 18.4 Å². The molecule has 2 aliphatic rings. The van der Waals surface area contributed by atoms with Crippen molar-refractivity contribution in [3.05, 3.63) is 71.4 Å². The van der Waals surface area contributed by atoms with E-state index in [1.54, 1.807) is 24.3 Å². The van der Waals surface area contributed by atoms with Gasteiger partial charge in [-0.1, -0.05) is 35.9 Å². The maximum Gasteiger partial charge on any atom is 0.243 e. The molecule has 0 bridgehead atoms. The first-order valence-electron chi connectivity index (χ1n) is 11.5. The van der Waals surface area contributed by atoms with Gasteiger partial charge in [-0.3, -0.25) is 4.79 Å². The van der Waals surface area contributed by atoms with E-state index in [0.29, 0.717) is 19.4 Å². The molecule has 2 heterocycles. The maximum atomic E-state index is 13.3. The monoisotopic (exact) mass is 464 g/mol. The van der Waals surface area contributed by atoms with Gasteiger partial charge in [-0.2, -0.15) is 9.40 Å². The fourth-order valence-corrected chi connectivity index (χ4v) is 6.25. The van der Waals surface area contributed by atoms with Gasteiger partial charge in [-0.15, -0.1) is 0 Å². The van der Waals surface area contributed by atoms with Gasteiger partial charge in [-0.25, -0.2) is 13.1 Å². The molecule has 1 unspecified atom stereocenters. The van der Waals surface area contributed by atoms with Crippen LogP contribution in [-0.2, 0) is 27.7 Å². The molecule has 1 aliphatic heterocycles. The summed E-state index contributed by atoms with van der Waals surface area (Å²) in [5.41, 5.74) is 4.02. The first-order valence-corrected chi connectivity index (χ1v) is 12.9. The summed E-state index contributed by atoms with van der Waals surface area (Å²) in [5, 5.41) is 7.87. The highest BCUT2D eigenvalue weighted by molar-refractivity contribution is 7.89. The number of benzene rings is 2. The van der Waals surface area contributed by atoms with Crippen LogP contribution < -0.4 is 5.32 Å². The molecule has 1 amide bonds. The van der Waals surface area contributed by atoms with E-state index in [1.165, 1.54) is 4.31 Å². The number of nitrogens with one attached hydrogen (secondary N) is 1. The van der Waals surface area contributed by atoms with Crippen LogP contribution in [0, 0.1) is 12.8 Å². The zero-order chi connectivity index (χ0) is 23.0. The summed E-state index contributed by atoms with van der Waals surface area (Å²) in [7, 11) is -3.63. The van der Waals surface area contributed by atoms with Crippen molar-refractivity contribution in [3.63, 3.8) is 0 Å². The van der Waals surface area contributed by atoms with Crippen LogP contribution in [0.15, 0.2) is 59.5 Å². The van der Waals surface area contributed by atoms with E-state index in [-0.39, 0.29) is 17.3 Å². The number of amides is 1. The first-order chi connectivity index (χ1) is 15.9. The predicted octanol–water partition coefficient (Wildman–Crippen LogP) is 3.71. The third-order valence-electron chi connectivity index (χ3n) is 6.56. The van der Waals surface area contributed by atoms with Crippen LogP contribution in [0.5, 0.6) is 0 Å². The molecule has 1 atom stereocenters. The van der Waals surface area contributed by atoms with E-state index in [1.807, 2.05) is 41.9 Å². The van der Waals surface area contributed by atoms with Gasteiger partial charge in [0.15, 0.2) is 0 Å². The SMILES string of the molecule is Cc1ccc(S(=O)(=O)N2CCCC(C(=O)Nc3c4c(nn3-c3ccccc3)CCC4)C2)cc1. The van der Waals surface area contributed by atoms with Crippen LogP contribution in [0.4, 0.5) is 5.82 Å². The van der Waals surface area contributed by atoms with Gasteiger partial charge < -0.3 is 5.32 Å². The van der Waals surface area contributed by atoms with Gasteiger partial charge in [0.25, 0.3) is 0 Å². The lowest BCUT2D eigenvalue weighted by atomic mass is 9.99. The van der Waals surface area contributed by atoms with E-state index in [4.69, 9.17) is 5.10 Å². The van der Waals surface area contributed by atoms with E-state index in [2.05, 4.69) is 5.32 Å². The number of rotatable bonds is 5. The highest BCUT2D eigenvalue weighted by Gasteiger charge is 2.34. The summed E-state index contributed by atoms with van der Waals surface area (Å²) in [6.07, 6.45) is 4.13. The molecule has 0 spiro atoms. The Morgan fingerprint density at radius 3 is 2.55 bits per heavy atom. The fourth-order valence-electron chi connectivity index (χ4n) is 4.73. The average Bonchev–Trinajstić information content (AvgIpc) is 3.43. The quantitative estimate of drug-likeness (QED) is 0.624. The molecular weight excluding hydrogens is 436 g/mol. The number of hydrogen-bond acceptors (Lipinski definition) is 4. The number of carbonyl (C=O) groups excluding carboxylic acids is 1. The zero-order valence-corrected chi connectivity index (χ0v) is 19.5. The minimum Gasteiger partial charge on any atom is -0.310 e. The van der Waals surface area contributed by atoms with Gasteiger partial charge in [-0.05, 0) is 63.3 Å². The second-order valence-electron chi connectivity index (χ2n) is 8.88. The van der Waals surface area contributed by atoms with Gasteiger partial charge in [0.2, 0.25) is 15.9 Å². The molecule has 3 aromatic rings. The molecule has 1 fully saturated rings. The van der Waals surface area contributed by atoms with Gasteiger partial charge in [0.1, 0.15) is 5.82 Å². The number of carbonyl (C=O) groups is 1. The Bertz CT molecular complexity index is 1270. The second-order valence-corrected chi connectivity index (χ2v) is 10.8. The molecule has 2 aromatic carbocycles. The van der Waals surface area contributed by atoms with Crippen LogP contribution in [-0.4, -0.2) is 41.5 Å². The maximum absolute atomic E-state index is 13.3. The number of nitrogens with zero attached hydrogens (tertiary/aromatic N) is 3. The molecule has 33 heavy (non-hydrogen) atoms. The van der Waals surface area contributed by atoms with E-state index < -0.39 is 15.9 Å². The third kappa shape index (κ3) is 4.20. The van der Waals surface area contributed by atoms with E-state index >= 15 is 0 Å². The number of piperidine rings is 1. The molecule has 0 saturated carbocycles. The lowest BCUT2D eigenvalue weighted by Crippen LogP contribution is -2.43. The number of hydrogen-bond donors (Lipinski definition) is 1. The number of sulfonamides is 1. The number of fused-ring (bicyclic) bond motifs is 1. The molecule has 172 valence electrons. The van der Waals surface area contributed by atoms with Gasteiger partial charge >= 0.3 is 0 Å². The number of aryl methyl sites for hydroxylation is 2. The molecule has 8 heteroatoms. The van der Waals surface area contributed by atoms with Gasteiger partial charge in [0.05, 0.1) is 22.2 Å². The largest absolute Gasteiger partial charge is 0.310 e. The Morgan fingerprint density at radius 2 is 1.79 bits per heavy atom. The first kappa shape index (κ1) is 21.9. The van der Waals surface area contributed by atoms with E-state index in [0.717, 1.165) is 47.6 Å².